The predicted molar refractivity (Wildman–Crippen MR) is 112 cm³/mol. The molecule has 0 amide bonds. The van der Waals surface area contributed by atoms with E-state index in [1.807, 2.05) is 25.1 Å². The monoisotopic (exact) mass is 390 g/mol. The number of anilines is 4. The van der Waals surface area contributed by atoms with Gasteiger partial charge in [-0.3, -0.25) is 4.79 Å². The number of carbonyl (C=O) groups is 2. The van der Waals surface area contributed by atoms with Crippen LogP contribution in [0.2, 0.25) is 0 Å². The van der Waals surface area contributed by atoms with Crippen molar-refractivity contribution in [2.24, 2.45) is 0 Å². The molecule has 0 aliphatic carbocycles. The van der Waals surface area contributed by atoms with Gasteiger partial charge in [-0.2, -0.15) is 4.98 Å². The number of Topliss-reactive ketones (excluding diaryl/α,β-unsaturated/α-hetero) is 1. The molecule has 1 heterocycles. The van der Waals surface area contributed by atoms with Gasteiger partial charge in [0.1, 0.15) is 5.82 Å². The van der Waals surface area contributed by atoms with Gasteiger partial charge in [-0.15, -0.1) is 0 Å². The quantitative estimate of drug-likeness (QED) is 0.448. The summed E-state index contributed by atoms with van der Waals surface area (Å²) in [5.74, 6) is 0.481. The fourth-order valence-corrected chi connectivity index (χ4v) is 2.75. The highest BCUT2D eigenvalue weighted by atomic mass is 16.5. The van der Waals surface area contributed by atoms with Crippen molar-refractivity contribution in [3.05, 3.63) is 71.4 Å². The molecular weight excluding hydrogens is 368 g/mol. The van der Waals surface area contributed by atoms with E-state index in [-0.39, 0.29) is 5.78 Å². The number of ketones is 1. The van der Waals surface area contributed by atoms with Crippen molar-refractivity contribution in [3.63, 3.8) is 0 Å². The standard InChI is InChI=1S/C22H22N4O3/c1-4-29-21(28)18-10-5-6-11-19(18)25-22-23-14(2)12-20(26-22)24-17-9-7-8-16(13-17)15(3)27/h5-13H,4H2,1-3H3,(H2,23,24,25,26). The van der Waals surface area contributed by atoms with Crippen molar-refractivity contribution < 1.29 is 14.3 Å². The molecule has 0 spiro atoms. The Balaban J connectivity index is 1.86. The topological polar surface area (TPSA) is 93.2 Å². The number of hydrogen-bond donors (Lipinski definition) is 2. The number of aryl methyl sites for hydroxylation is 1. The summed E-state index contributed by atoms with van der Waals surface area (Å²) in [5, 5.41) is 6.28. The largest absolute Gasteiger partial charge is 0.462 e. The Morgan fingerprint density at radius 3 is 2.55 bits per heavy atom. The Bertz CT molecular complexity index is 1050. The van der Waals surface area contributed by atoms with Crippen LogP contribution in [0.5, 0.6) is 0 Å². The lowest BCUT2D eigenvalue weighted by molar-refractivity contribution is 0.0527. The molecule has 2 N–H and O–H groups in total. The number of para-hydroxylation sites is 1. The summed E-state index contributed by atoms with van der Waals surface area (Å²) < 4.78 is 5.10. The summed E-state index contributed by atoms with van der Waals surface area (Å²) in [6.45, 7) is 5.43. The van der Waals surface area contributed by atoms with Crippen molar-refractivity contribution in [3.8, 4) is 0 Å². The minimum absolute atomic E-state index is 0.00885. The van der Waals surface area contributed by atoms with Gasteiger partial charge in [0, 0.05) is 23.0 Å². The minimum atomic E-state index is -0.414. The van der Waals surface area contributed by atoms with Crippen LogP contribution >= 0.6 is 0 Å². The number of ether oxygens (including phenoxy) is 1. The van der Waals surface area contributed by atoms with Gasteiger partial charge in [0.05, 0.1) is 17.9 Å². The van der Waals surface area contributed by atoms with Crippen LogP contribution in [0.25, 0.3) is 0 Å². The molecular formula is C22H22N4O3. The molecule has 1 aromatic heterocycles. The van der Waals surface area contributed by atoms with E-state index in [4.69, 9.17) is 4.74 Å². The fourth-order valence-electron chi connectivity index (χ4n) is 2.75. The summed E-state index contributed by atoms with van der Waals surface area (Å²) in [5.41, 5.74) is 3.06. The number of benzene rings is 2. The molecule has 3 aromatic rings. The molecule has 0 aliphatic rings. The molecule has 0 bridgehead atoms. The van der Waals surface area contributed by atoms with Gasteiger partial charge in [-0.1, -0.05) is 24.3 Å². The van der Waals surface area contributed by atoms with E-state index in [1.54, 1.807) is 43.3 Å². The molecule has 0 saturated carbocycles. The molecule has 7 heteroatoms. The van der Waals surface area contributed by atoms with Gasteiger partial charge in [-0.25, -0.2) is 9.78 Å². The number of rotatable bonds is 7. The number of esters is 1. The Kier molecular flexibility index (Phi) is 6.19. The number of aromatic nitrogens is 2. The lowest BCUT2D eigenvalue weighted by Gasteiger charge is -2.12. The van der Waals surface area contributed by atoms with E-state index in [1.165, 1.54) is 6.92 Å². The molecule has 0 fully saturated rings. The molecule has 7 nitrogen and oxygen atoms in total. The van der Waals surface area contributed by atoms with Crippen LogP contribution in [0.4, 0.5) is 23.1 Å². The van der Waals surface area contributed by atoms with Gasteiger partial charge < -0.3 is 15.4 Å². The summed E-state index contributed by atoms with van der Waals surface area (Å²) in [6.07, 6.45) is 0. The second-order valence-corrected chi connectivity index (χ2v) is 6.37. The summed E-state index contributed by atoms with van der Waals surface area (Å²) in [7, 11) is 0. The first-order chi connectivity index (χ1) is 14.0. The molecule has 148 valence electrons. The lowest BCUT2D eigenvalue weighted by Crippen LogP contribution is -2.09. The van der Waals surface area contributed by atoms with E-state index < -0.39 is 5.97 Å². The SMILES string of the molecule is CCOC(=O)c1ccccc1Nc1nc(C)cc(Nc2cccc(C(C)=O)c2)n1. The van der Waals surface area contributed by atoms with Crippen molar-refractivity contribution in [1.82, 2.24) is 9.97 Å². The van der Waals surface area contributed by atoms with Gasteiger partial charge >= 0.3 is 5.97 Å². The van der Waals surface area contributed by atoms with Crippen LogP contribution in [0.3, 0.4) is 0 Å². The first-order valence-electron chi connectivity index (χ1n) is 9.23. The molecule has 29 heavy (non-hydrogen) atoms. The van der Waals surface area contributed by atoms with Gasteiger partial charge in [-0.05, 0) is 45.0 Å². The molecule has 0 unspecified atom stereocenters. The van der Waals surface area contributed by atoms with E-state index >= 15 is 0 Å². The van der Waals surface area contributed by atoms with E-state index in [2.05, 4.69) is 20.6 Å². The number of hydrogen-bond acceptors (Lipinski definition) is 7. The van der Waals surface area contributed by atoms with Crippen LogP contribution in [-0.2, 0) is 4.74 Å². The molecule has 3 rings (SSSR count). The maximum absolute atomic E-state index is 12.2. The first-order valence-corrected chi connectivity index (χ1v) is 9.23. The predicted octanol–water partition coefficient (Wildman–Crippen LogP) is 4.65. The summed E-state index contributed by atoms with van der Waals surface area (Å²) in [6, 6.07) is 16.0. The first kappa shape index (κ1) is 20.0. The van der Waals surface area contributed by atoms with Crippen molar-refractivity contribution in [2.45, 2.75) is 20.8 Å². The zero-order valence-electron chi connectivity index (χ0n) is 16.5. The van der Waals surface area contributed by atoms with Crippen LogP contribution in [-0.4, -0.2) is 28.3 Å². The maximum atomic E-state index is 12.2. The van der Waals surface area contributed by atoms with Crippen molar-refractivity contribution in [2.75, 3.05) is 17.2 Å². The highest BCUT2D eigenvalue weighted by Gasteiger charge is 2.13. The molecule has 2 aromatic carbocycles. The number of carbonyl (C=O) groups excluding carboxylic acids is 2. The molecule has 0 saturated heterocycles. The van der Waals surface area contributed by atoms with Crippen LogP contribution in [0, 0.1) is 6.92 Å². The Hall–Kier alpha value is -3.74. The van der Waals surface area contributed by atoms with E-state index in [0.717, 1.165) is 11.4 Å². The maximum Gasteiger partial charge on any atom is 0.340 e. The third-order valence-electron chi connectivity index (χ3n) is 4.06. The van der Waals surface area contributed by atoms with Gasteiger partial charge in [0.15, 0.2) is 5.78 Å². The fraction of sp³-hybridized carbons (Fsp3) is 0.182. The highest BCUT2D eigenvalue weighted by Crippen LogP contribution is 2.23. The third-order valence-corrected chi connectivity index (χ3v) is 4.06. The highest BCUT2D eigenvalue weighted by molar-refractivity contribution is 5.96. The second-order valence-electron chi connectivity index (χ2n) is 6.37. The molecule has 0 radical (unpaired) electrons. The normalized spacial score (nSPS) is 10.3. The van der Waals surface area contributed by atoms with E-state index in [9.17, 15) is 9.59 Å². The van der Waals surface area contributed by atoms with Crippen LogP contribution in [0.15, 0.2) is 54.6 Å². The van der Waals surface area contributed by atoms with Crippen LogP contribution in [0.1, 0.15) is 40.3 Å². The zero-order valence-corrected chi connectivity index (χ0v) is 16.5. The summed E-state index contributed by atoms with van der Waals surface area (Å²) >= 11 is 0. The number of nitrogens with one attached hydrogen (secondary N) is 2. The van der Waals surface area contributed by atoms with E-state index in [0.29, 0.717) is 35.2 Å². The van der Waals surface area contributed by atoms with Crippen molar-refractivity contribution >= 4 is 34.9 Å². The molecule has 0 aliphatic heterocycles. The Morgan fingerprint density at radius 1 is 1.00 bits per heavy atom. The number of nitrogens with zero attached hydrogens (tertiary/aromatic N) is 2. The average molecular weight is 390 g/mol. The van der Waals surface area contributed by atoms with Crippen molar-refractivity contribution in [1.29, 1.82) is 0 Å². The molecule has 0 atom stereocenters. The average Bonchev–Trinajstić information content (AvgIpc) is 2.68. The minimum Gasteiger partial charge on any atom is -0.462 e. The zero-order chi connectivity index (χ0) is 20.8. The van der Waals surface area contributed by atoms with Gasteiger partial charge in [0.25, 0.3) is 0 Å². The second kappa shape index (κ2) is 8.97. The summed E-state index contributed by atoms with van der Waals surface area (Å²) in [4.78, 5) is 32.6. The Labute approximate surface area is 169 Å². The smallest absolute Gasteiger partial charge is 0.340 e. The van der Waals surface area contributed by atoms with Crippen LogP contribution < -0.4 is 10.6 Å². The lowest BCUT2D eigenvalue weighted by atomic mass is 10.1. The third kappa shape index (κ3) is 5.16. The Morgan fingerprint density at radius 2 is 1.79 bits per heavy atom. The van der Waals surface area contributed by atoms with Gasteiger partial charge in [0.2, 0.25) is 5.95 Å².